The summed E-state index contributed by atoms with van der Waals surface area (Å²) < 4.78 is 0. The average molecular weight is 1590 g/mol. The minimum atomic E-state index is -1.94. The Hall–Kier alpha value is -12.6. The summed E-state index contributed by atoms with van der Waals surface area (Å²) in [5.41, 5.74) is 44.4. The molecule has 0 nitrogen and oxygen atoms in total. The molecule has 0 radical (unpaired) electrons. The Morgan fingerprint density at radius 3 is 0.793 bits per heavy atom. The van der Waals surface area contributed by atoms with Gasteiger partial charge in [0.25, 0.3) is 0 Å². The van der Waals surface area contributed by atoms with Crippen molar-refractivity contribution >= 4 is 95.7 Å². The van der Waals surface area contributed by atoms with Gasteiger partial charge in [0, 0.05) is 34.0 Å². The minimum Gasteiger partial charge on any atom is -0.0679 e. The molecule has 2 heteroatoms. The lowest BCUT2D eigenvalue weighted by molar-refractivity contribution is 0.275. The van der Waals surface area contributed by atoms with Gasteiger partial charge < -0.3 is 0 Å². The summed E-state index contributed by atoms with van der Waals surface area (Å²) in [6.07, 6.45) is 14.9. The Bertz CT molecular complexity index is 6650. The highest BCUT2D eigenvalue weighted by Gasteiger charge is 2.50. The highest BCUT2D eigenvalue weighted by atomic mass is 28.3. The largest absolute Gasteiger partial charge is 0.0722 e. The van der Waals surface area contributed by atoms with Crippen LogP contribution in [0.15, 0.2) is 373 Å². The molecule has 0 bridgehead atoms. The van der Waals surface area contributed by atoms with E-state index >= 15 is 0 Å². The van der Waals surface area contributed by atoms with Crippen LogP contribution in [-0.2, 0) is 0 Å². The van der Waals surface area contributed by atoms with E-state index in [-0.39, 0.29) is 5.41 Å². The Kier molecular flexibility index (Phi) is 19.5. The molecular formula is C119H104Si2. The molecule has 121 heavy (non-hydrogen) atoms. The summed E-state index contributed by atoms with van der Waals surface area (Å²) >= 11 is 0. The molecule has 0 aromatic heterocycles. The van der Waals surface area contributed by atoms with Gasteiger partial charge in [-0.25, -0.2) is 0 Å². The summed E-state index contributed by atoms with van der Waals surface area (Å²) in [5.74, 6) is 0.663. The molecule has 6 aliphatic carbocycles. The van der Waals surface area contributed by atoms with Crippen LogP contribution >= 0.6 is 0 Å². The predicted octanol–water partition coefficient (Wildman–Crippen LogP) is 33.4. The van der Waals surface area contributed by atoms with Gasteiger partial charge in [0.1, 0.15) is 0 Å². The molecule has 588 valence electrons. The first kappa shape index (κ1) is 77.1. The molecule has 0 spiro atoms. The predicted molar refractivity (Wildman–Crippen MR) is 528 cm³/mol. The third kappa shape index (κ3) is 13.1. The van der Waals surface area contributed by atoms with Crippen molar-refractivity contribution in [3.05, 3.63) is 440 Å². The van der Waals surface area contributed by atoms with Crippen LogP contribution in [0.1, 0.15) is 156 Å². The van der Waals surface area contributed by atoms with E-state index < -0.39 is 16.1 Å². The minimum absolute atomic E-state index is 0.0214. The first-order valence-corrected chi connectivity index (χ1v) is 50.0. The maximum atomic E-state index is 2.63. The van der Waals surface area contributed by atoms with Crippen LogP contribution in [0.2, 0.25) is 26.2 Å². The van der Waals surface area contributed by atoms with Gasteiger partial charge in [-0.1, -0.05) is 438 Å². The fraction of sp³-hybridized carbons (Fsp3) is 0.160. The summed E-state index contributed by atoms with van der Waals surface area (Å²) in [6.45, 7) is 29.7. The fourth-order valence-electron chi connectivity index (χ4n) is 24.1. The topological polar surface area (TPSA) is 0 Å². The van der Waals surface area contributed by atoms with Gasteiger partial charge in [-0.2, -0.15) is 0 Å². The quantitative estimate of drug-likeness (QED) is 0.107. The molecule has 0 N–H and O–H groups in total. The molecule has 16 aromatic rings. The molecule has 0 saturated carbocycles. The normalized spacial score (nSPS) is 17.9. The van der Waals surface area contributed by atoms with Crippen LogP contribution in [0.3, 0.4) is 0 Å². The van der Waals surface area contributed by atoms with Crippen molar-refractivity contribution in [1.29, 1.82) is 0 Å². The van der Waals surface area contributed by atoms with Crippen LogP contribution in [0, 0.1) is 5.41 Å². The molecule has 22 rings (SSSR count). The average Bonchev–Trinajstić information content (AvgIpc) is 1.57. The van der Waals surface area contributed by atoms with Crippen molar-refractivity contribution < 1.29 is 0 Å². The molecule has 6 unspecified atom stereocenters. The highest BCUT2D eigenvalue weighted by Crippen LogP contribution is 2.62. The lowest BCUT2D eigenvalue weighted by Gasteiger charge is -2.41. The van der Waals surface area contributed by atoms with E-state index in [4.69, 9.17) is 0 Å². The zero-order valence-corrected chi connectivity index (χ0v) is 73.8. The zero-order chi connectivity index (χ0) is 82.7. The number of fused-ring (bicyclic) bond motifs is 10. The summed E-state index contributed by atoms with van der Waals surface area (Å²) in [6, 6.07) is 126. The van der Waals surface area contributed by atoms with Crippen molar-refractivity contribution in [1.82, 2.24) is 0 Å². The first-order valence-electron chi connectivity index (χ1n) is 43.7. The fourth-order valence-corrected chi connectivity index (χ4v) is 34.0. The molecule has 0 amide bonds. The van der Waals surface area contributed by atoms with Gasteiger partial charge in [0.05, 0.1) is 16.1 Å². The number of benzene rings is 16. The van der Waals surface area contributed by atoms with Crippen LogP contribution in [0.25, 0.3) is 146 Å². The van der Waals surface area contributed by atoms with Gasteiger partial charge in [-0.3, -0.25) is 0 Å². The molecule has 6 atom stereocenters. The smallest absolute Gasteiger partial charge is 0.0679 e. The number of allylic oxidation sites excluding steroid dienone is 6. The molecule has 0 heterocycles. The third-order valence-electron chi connectivity index (χ3n) is 28.6. The molecule has 0 saturated heterocycles. The Labute approximate surface area is 718 Å². The molecule has 16 aromatic carbocycles. The second kappa shape index (κ2) is 30.6. The maximum absolute atomic E-state index is 2.63. The monoisotopic (exact) mass is 1590 g/mol. The van der Waals surface area contributed by atoms with Crippen molar-refractivity contribution in [2.45, 2.75) is 116 Å². The van der Waals surface area contributed by atoms with E-state index in [0.717, 1.165) is 0 Å². The van der Waals surface area contributed by atoms with Crippen LogP contribution < -0.4 is 0 Å². The van der Waals surface area contributed by atoms with Gasteiger partial charge in [-0.05, 0) is 236 Å². The Balaban J connectivity index is 0.000000116. The van der Waals surface area contributed by atoms with Crippen molar-refractivity contribution in [3.63, 3.8) is 0 Å². The molecule has 0 fully saturated rings. The van der Waals surface area contributed by atoms with E-state index in [1.165, 1.54) is 210 Å². The lowest BCUT2D eigenvalue weighted by atomic mass is 9.62. The van der Waals surface area contributed by atoms with Crippen molar-refractivity contribution in [2.24, 2.45) is 5.41 Å². The summed E-state index contributed by atoms with van der Waals surface area (Å²) in [5, 5.41) is 10.4. The van der Waals surface area contributed by atoms with Gasteiger partial charge >= 0.3 is 0 Å². The third-order valence-corrected chi connectivity index (χ3v) is 37.6. The Morgan fingerprint density at radius 1 is 0.198 bits per heavy atom. The SMILES string of the molecule is CC1=Cc2c(-c3ccc4ccccc4c3)cccc2C1[Si](C)(C)C1C(C)=Cc2c(-c3ccc4ccccc4c3)cccc21.CC1=Cc2c(-c3cccc4ccccc34)cccc2C1C(C)(C)C1C(C)=Cc2c(-c3cccc4ccccc34)cccc21.CC1=Cc2c(-c3ccccc3)cccc2C1[Si](C)(C)C1C(C)=Cc2c(-c3ccccc3)cccc21. The van der Waals surface area contributed by atoms with Crippen molar-refractivity contribution in [2.75, 3.05) is 0 Å². The zero-order valence-electron chi connectivity index (χ0n) is 71.8. The molecule has 0 aliphatic heterocycles. The number of hydrogen-bond acceptors (Lipinski definition) is 0. The second-order valence-electron chi connectivity index (χ2n) is 37.2. The molecular weight excluding hydrogens is 1490 g/mol. The van der Waals surface area contributed by atoms with Crippen LogP contribution in [0.5, 0.6) is 0 Å². The summed E-state index contributed by atoms with van der Waals surface area (Å²) in [7, 11) is -3.79. The highest BCUT2D eigenvalue weighted by molar-refractivity contribution is 6.82. The first-order chi connectivity index (χ1) is 58.8. The van der Waals surface area contributed by atoms with Gasteiger partial charge in [-0.15, -0.1) is 0 Å². The van der Waals surface area contributed by atoms with Gasteiger partial charge in [0.15, 0.2) is 0 Å². The van der Waals surface area contributed by atoms with Crippen molar-refractivity contribution in [3.8, 4) is 66.8 Å². The van der Waals surface area contributed by atoms with Gasteiger partial charge in [0.2, 0.25) is 0 Å². The van der Waals surface area contributed by atoms with Crippen LogP contribution in [0.4, 0.5) is 0 Å². The lowest BCUT2D eigenvalue weighted by Crippen LogP contribution is -2.42. The number of hydrogen-bond donors (Lipinski definition) is 0. The Morgan fingerprint density at radius 2 is 0.446 bits per heavy atom. The van der Waals surface area contributed by atoms with E-state index in [1.807, 2.05) is 0 Å². The summed E-state index contributed by atoms with van der Waals surface area (Å²) in [4.78, 5) is 0. The van der Waals surface area contributed by atoms with E-state index in [2.05, 4.69) is 458 Å². The molecule has 6 aliphatic rings. The maximum Gasteiger partial charge on any atom is 0.0722 e. The standard InChI is InChI=1S/C43H36.C42H36Si.C34H32Si/c1-27-25-39-35(33-19-9-15-29-13-5-7-17-31(29)33)21-11-23-37(39)41(27)43(3,4)42-28(2)26-40-36(22-12-24-38(40)42)34-20-10-16-30-14-6-8-18-32(30)34;1-27-23-39-35(33-21-19-29-11-5-7-13-31(29)25-33)15-9-17-37(39)41(27)43(3,4)42-28(2)24-40-36(16-10-18-38(40)42)34-22-20-30-12-6-8-14-32(30)26-34;1-23-21-31-27(25-13-7-5-8-14-25)17-11-19-29(31)33(23)35(3,4)34-24(2)22-32-28(18-12-20-30(32)34)26-15-9-6-10-16-26/h2*5-26,41-42H,1-4H3;5-22,33-34H,1-4H3. The van der Waals surface area contributed by atoms with Crippen LogP contribution in [-0.4, -0.2) is 16.1 Å². The second-order valence-corrected chi connectivity index (χ2v) is 46.7. The van der Waals surface area contributed by atoms with E-state index in [1.54, 1.807) is 0 Å². The number of rotatable bonds is 12. The van der Waals surface area contributed by atoms with E-state index in [0.29, 0.717) is 34.0 Å². The van der Waals surface area contributed by atoms with E-state index in [9.17, 15) is 0 Å².